The van der Waals surface area contributed by atoms with Crippen molar-refractivity contribution in [2.75, 3.05) is 0 Å². The van der Waals surface area contributed by atoms with Crippen molar-refractivity contribution in [1.82, 2.24) is 20.2 Å². The molecule has 17 heavy (non-hydrogen) atoms. The van der Waals surface area contributed by atoms with Crippen LogP contribution in [0.3, 0.4) is 0 Å². The van der Waals surface area contributed by atoms with E-state index in [1.54, 1.807) is 0 Å². The average molecular weight is 263 g/mol. The first-order valence-corrected chi connectivity index (χ1v) is 6.16. The molecule has 0 saturated heterocycles. The van der Waals surface area contributed by atoms with E-state index in [9.17, 15) is 0 Å². The minimum absolute atomic E-state index is 0.684. The van der Waals surface area contributed by atoms with E-state index in [0.29, 0.717) is 10.8 Å². The number of hydrogen-bond donors (Lipinski definition) is 1. The Hall–Kier alpha value is -1.72. The van der Waals surface area contributed by atoms with Crippen LogP contribution in [0.1, 0.15) is 0 Å². The van der Waals surface area contributed by atoms with Gasteiger partial charge in [-0.15, -0.1) is 11.3 Å². The summed E-state index contributed by atoms with van der Waals surface area (Å²) >= 11 is 7.47. The largest absolute Gasteiger partial charge is 0.257 e. The first-order chi connectivity index (χ1) is 8.33. The van der Waals surface area contributed by atoms with Crippen LogP contribution in [0.4, 0.5) is 0 Å². The van der Waals surface area contributed by atoms with Gasteiger partial charge in [0.25, 0.3) is 0 Å². The molecule has 6 heteroatoms. The highest BCUT2D eigenvalue weighted by Crippen LogP contribution is 2.27. The standard InChI is InChI=1S/C11H7ClN4S/c12-8-3-1-2-7(4-8)9-5-17-11(15-9)10-13-6-14-16-10/h1-6H,(H,13,14,16). The molecule has 0 amide bonds. The summed E-state index contributed by atoms with van der Waals surface area (Å²) in [5.74, 6) is 0.684. The molecule has 3 rings (SSSR count). The highest BCUT2D eigenvalue weighted by Gasteiger charge is 2.08. The van der Waals surface area contributed by atoms with Crippen LogP contribution in [0.5, 0.6) is 0 Å². The van der Waals surface area contributed by atoms with Crippen molar-refractivity contribution in [3.63, 3.8) is 0 Å². The molecule has 84 valence electrons. The quantitative estimate of drug-likeness (QED) is 0.771. The molecule has 0 aliphatic heterocycles. The van der Waals surface area contributed by atoms with Gasteiger partial charge in [-0.2, -0.15) is 5.10 Å². The van der Waals surface area contributed by atoms with Gasteiger partial charge >= 0.3 is 0 Å². The van der Waals surface area contributed by atoms with E-state index >= 15 is 0 Å². The molecule has 0 bridgehead atoms. The number of thiazole rings is 1. The van der Waals surface area contributed by atoms with Gasteiger partial charge in [-0.3, -0.25) is 5.10 Å². The number of halogens is 1. The molecule has 4 nitrogen and oxygen atoms in total. The molecule has 0 spiro atoms. The highest BCUT2D eigenvalue weighted by atomic mass is 35.5. The smallest absolute Gasteiger partial charge is 0.184 e. The van der Waals surface area contributed by atoms with Crippen molar-refractivity contribution in [3.05, 3.63) is 41.0 Å². The zero-order chi connectivity index (χ0) is 11.7. The number of H-pyrrole nitrogens is 1. The zero-order valence-corrected chi connectivity index (χ0v) is 10.2. The van der Waals surface area contributed by atoms with E-state index in [1.165, 1.54) is 17.7 Å². The molecule has 3 aromatic rings. The SMILES string of the molecule is Clc1cccc(-c2csc(-c3ncn[nH]3)n2)c1. The summed E-state index contributed by atoms with van der Waals surface area (Å²) in [7, 11) is 0. The Bertz CT molecular complexity index is 632. The number of nitrogens with one attached hydrogen (secondary N) is 1. The maximum Gasteiger partial charge on any atom is 0.184 e. The van der Waals surface area contributed by atoms with Crippen molar-refractivity contribution in [2.45, 2.75) is 0 Å². The van der Waals surface area contributed by atoms with Gasteiger partial charge in [-0.25, -0.2) is 9.97 Å². The predicted octanol–water partition coefficient (Wildman–Crippen LogP) is 3.25. The summed E-state index contributed by atoms with van der Waals surface area (Å²) in [5, 5.41) is 10.1. The average Bonchev–Trinajstić information content (AvgIpc) is 3.00. The lowest BCUT2D eigenvalue weighted by atomic mass is 10.2. The summed E-state index contributed by atoms with van der Waals surface area (Å²) in [4.78, 5) is 8.56. The molecule has 2 heterocycles. The molecule has 0 aliphatic rings. The Labute approximate surface area is 106 Å². The van der Waals surface area contributed by atoms with Crippen molar-refractivity contribution in [2.24, 2.45) is 0 Å². The summed E-state index contributed by atoms with van der Waals surface area (Å²) in [5.41, 5.74) is 1.89. The third kappa shape index (κ3) is 2.07. The zero-order valence-electron chi connectivity index (χ0n) is 8.59. The fourth-order valence-corrected chi connectivity index (χ4v) is 2.43. The summed E-state index contributed by atoms with van der Waals surface area (Å²) in [6.45, 7) is 0. The number of hydrogen-bond acceptors (Lipinski definition) is 4. The number of aromatic nitrogens is 4. The molecule has 0 atom stereocenters. The summed E-state index contributed by atoms with van der Waals surface area (Å²) < 4.78 is 0. The maximum absolute atomic E-state index is 5.95. The molecule has 0 unspecified atom stereocenters. The topological polar surface area (TPSA) is 54.5 Å². The molecule has 2 aromatic heterocycles. The normalized spacial score (nSPS) is 10.6. The number of nitrogens with zero attached hydrogens (tertiary/aromatic N) is 3. The van der Waals surface area contributed by atoms with Crippen molar-refractivity contribution in [3.8, 4) is 22.1 Å². The van der Waals surface area contributed by atoms with Crippen LogP contribution >= 0.6 is 22.9 Å². The van der Waals surface area contributed by atoms with E-state index in [1.807, 2.05) is 29.6 Å². The second-order valence-corrected chi connectivity index (χ2v) is 4.68. The van der Waals surface area contributed by atoms with E-state index in [4.69, 9.17) is 11.6 Å². The van der Waals surface area contributed by atoms with Gasteiger partial charge in [0.15, 0.2) is 10.8 Å². The lowest BCUT2D eigenvalue weighted by Crippen LogP contribution is -1.81. The first kappa shape index (κ1) is 10.4. The Morgan fingerprint density at radius 1 is 1.29 bits per heavy atom. The highest BCUT2D eigenvalue weighted by molar-refractivity contribution is 7.13. The van der Waals surface area contributed by atoms with Crippen LogP contribution in [-0.4, -0.2) is 20.2 Å². The fraction of sp³-hybridized carbons (Fsp3) is 0. The van der Waals surface area contributed by atoms with E-state index < -0.39 is 0 Å². The molecular weight excluding hydrogens is 256 g/mol. The van der Waals surface area contributed by atoms with Gasteiger partial charge in [-0.05, 0) is 12.1 Å². The third-order valence-corrected chi connectivity index (χ3v) is 3.33. The van der Waals surface area contributed by atoms with E-state index in [-0.39, 0.29) is 0 Å². The molecule has 0 saturated carbocycles. The first-order valence-electron chi connectivity index (χ1n) is 4.90. The minimum Gasteiger partial charge on any atom is -0.257 e. The van der Waals surface area contributed by atoms with Crippen LogP contribution < -0.4 is 0 Å². The molecule has 0 radical (unpaired) electrons. The monoisotopic (exact) mass is 262 g/mol. The lowest BCUT2D eigenvalue weighted by Gasteiger charge is -1.96. The number of aromatic amines is 1. The van der Waals surface area contributed by atoms with Gasteiger partial charge in [-0.1, -0.05) is 23.7 Å². The molecule has 0 aliphatic carbocycles. The minimum atomic E-state index is 0.684. The van der Waals surface area contributed by atoms with E-state index in [2.05, 4.69) is 20.2 Å². The second kappa shape index (κ2) is 4.27. The van der Waals surface area contributed by atoms with E-state index in [0.717, 1.165) is 16.3 Å². The molecule has 1 aromatic carbocycles. The third-order valence-electron chi connectivity index (χ3n) is 2.24. The van der Waals surface area contributed by atoms with Crippen LogP contribution in [0.2, 0.25) is 5.02 Å². The van der Waals surface area contributed by atoms with Crippen LogP contribution in [0.25, 0.3) is 22.1 Å². The van der Waals surface area contributed by atoms with Crippen molar-refractivity contribution in [1.29, 1.82) is 0 Å². The van der Waals surface area contributed by atoms with Gasteiger partial charge in [0.1, 0.15) is 6.33 Å². The second-order valence-electron chi connectivity index (χ2n) is 3.38. The summed E-state index contributed by atoms with van der Waals surface area (Å²) in [6.07, 6.45) is 1.47. The van der Waals surface area contributed by atoms with Gasteiger partial charge in [0.05, 0.1) is 5.69 Å². The lowest BCUT2D eigenvalue weighted by molar-refractivity contribution is 1.09. The Morgan fingerprint density at radius 2 is 2.24 bits per heavy atom. The van der Waals surface area contributed by atoms with Gasteiger partial charge < -0.3 is 0 Å². The van der Waals surface area contributed by atoms with Gasteiger partial charge in [0.2, 0.25) is 0 Å². The molecule has 1 N–H and O–H groups in total. The Balaban J connectivity index is 2.01. The van der Waals surface area contributed by atoms with Crippen LogP contribution in [0.15, 0.2) is 36.0 Å². The van der Waals surface area contributed by atoms with Crippen molar-refractivity contribution < 1.29 is 0 Å². The predicted molar refractivity (Wildman–Crippen MR) is 67.9 cm³/mol. The van der Waals surface area contributed by atoms with Crippen LogP contribution in [0, 0.1) is 0 Å². The Morgan fingerprint density at radius 3 is 3.00 bits per heavy atom. The fourth-order valence-electron chi connectivity index (χ4n) is 1.47. The molecule has 0 fully saturated rings. The van der Waals surface area contributed by atoms with Gasteiger partial charge in [0, 0.05) is 16.0 Å². The Kier molecular flexibility index (Phi) is 2.62. The molecular formula is C11H7ClN4S. The van der Waals surface area contributed by atoms with Crippen molar-refractivity contribution >= 4 is 22.9 Å². The summed E-state index contributed by atoms with van der Waals surface area (Å²) in [6, 6.07) is 7.62. The van der Waals surface area contributed by atoms with Crippen LogP contribution in [-0.2, 0) is 0 Å². The number of rotatable bonds is 2. The number of benzene rings is 1. The maximum atomic E-state index is 5.95.